The second-order valence-corrected chi connectivity index (χ2v) is 10.1. The first-order valence-corrected chi connectivity index (χ1v) is 12.7. The first-order valence-electron chi connectivity index (χ1n) is 11.2. The number of methoxy groups -OCH3 is 1. The maximum Gasteiger partial charge on any atom is 0.264 e. The lowest BCUT2D eigenvalue weighted by molar-refractivity contribution is 0.0794. The number of carbonyl (C=O) groups is 2. The van der Waals surface area contributed by atoms with E-state index in [2.05, 4.69) is 5.32 Å². The third kappa shape index (κ3) is 5.00. The maximum atomic E-state index is 13.1. The SMILES string of the molecule is COc1ccccc1N(C)S(=O)(=O)c1ccc(C(=O)Nc2ccccc2C(=O)N2CCCC2)cc1. The van der Waals surface area contributed by atoms with Gasteiger partial charge >= 0.3 is 0 Å². The van der Waals surface area contributed by atoms with Gasteiger partial charge in [0.1, 0.15) is 5.75 Å². The van der Waals surface area contributed by atoms with Gasteiger partial charge in [-0.25, -0.2) is 8.42 Å². The Hall–Kier alpha value is -3.85. The summed E-state index contributed by atoms with van der Waals surface area (Å²) in [5.41, 5.74) is 1.52. The van der Waals surface area contributed by atoms with Crippen LogP contribution in [-0.4, -0.2) is 52.4 Å². The lowest BCUT2D eigenvalue weighted by Gasteiger charge is -2.21. The molecule has 0 atom stereocenters. The summed E-state index contributed by atoms with van der Waals surface area (Å²) in [7, 11) is -0.960. The van der Waals surface area contributed by atoms with E-state index in [9.17, 15) is 18.0 Å². The molecule has 1 N–H and O–H groups in total. The van der Waals surface area contributed by atoms with Gasteiger partial charge in [0.05, 0.1) is 28.9 Å². The molecule has 1 aliphatic heterocycles. The fraction of sp³-hybridized carbons (Fsp3) is 0.231. The number of sulfonamides is 1. The summed E-state index contributed by atoms with van der Waals surface area (Å²) in [6.45, 7) is 1.42. The molecule has 0 bridgehead atoms. The van der Waals surface area contributed by atoms with E-state index in [1.165, 1.54) is 38.4 Å². The van der Waals surface area contributed by atoms with E-state index in [-0.39, 0.29) is 16.4 Å². The van der Waals surface area contributed by atoms with Crippen molar-refractivity contribution in [1.29, 1.82) is 0 Å². The van der Waals surface area contributed by atoms with Gasteiger partial charge in [0.25, 0.3) is 21.8 Å². The molecule has 3 aromatic rings. The van der Waals surface area contributed by atoms with Crippen LogP contribution in [0.3, 0.4) is 0 Å². The number of nitrogens with zero attached hydrogens (tertiary/aromatic N) is 2. The third-order valence-corrected chi connectivity index (χ3v) is 7.78. The molecule has 0 aliphatic carbocycles. The Morgan fingerprint density at radius 2 is 1.54 bits per heavy atom. The summed E-state index contributed by atoms with van der Waals surface area (Å²) < 4.78 is 32.7. The van der Waals surface area contributed by atoms with Gasteiger partial charge in [0.15, 0.2) is 0 Å². The highest BCUT2D eigenvalue weighted by atomic mass is 32.2. The second-order valence-electron chi connectivity index (χ2n) is 8.17. The lowest BCUT2D eigenvalue weighted by Crippen LogP contribution is -2.29. The van der Waals surface area contributed by atoms with Gasteiger partial charge in [-0.05, 0) is 61.4 Å². The number of anilines is 2. The Bertz CT molecular complexity index is 1330. The van der Waals surface area contributed by atoms with Crippen molar-refractivity contribution < 1.29 is 22.7 Å². The van der Waals surface area contributed by atoms with Gasteiger partial charge in [-0.3, -0.25) is 13.9 Å². The van der Waals surface area contributed by atoms with E-state index >= 15 is 0 Å². The standard InChI is InChI=1S/C26H27N3O5S/c1-28(23-11-5-6-12-24(23)34-2)35(32,33)20-15-13-19(14-16-20)25(30)27-22-10-4-3-9-21(22)26(31)29-17-7-8-18-29/h3-6,9-16H,7-8,17-18H2,1-2H3,(H,27,30). The van der Waals surface area contributed by atoms with Crippen molar-refractivity contribution in [3.05, 3.63) is 83.9 Å². The maximum absolute atomic E-state index is 13.1. The molecular formula is C26H27N3O5S. The number of rotatable bonds is 7. The monoisotopic (exact) mass is 493 g/mol. The number of hydrogen-bond donors (Lipinski definition) is 1. The second kappa shape index (κ2) is 10.2. The minimum Gasteiger partial charge on any atom is -0.495 e. The third-order valence-electron chi connectivity index (χ3n) is 6.00. The fourth-order valence-corrected chi connectivity index (χ4v) is 5.23. The molecule has 9 heteroatoms. The van der Waals surface area contributed by atoms with Crippen LogP contribution in [-0.2, 0) is 10.0 Å². The Kier molecular flexibility index (Phi) is 7.07. The highest BCUT2D eigenvalue weighted by molar-refractivity contribution is 7.92. The molecule has 2 amide bonds. The minimum atomic E-state index is -3.88. The van der Waals surface area contributed by atoms with Crippen LogP contribution in [0.1, 0.15) is 33.6 Å². The van der Waals surface area contributed by atoms with Crippen molar-refractivity contribution in [3.8, 4) is 5.75 Å². The Balaban J connectivity index is 1.53. The first kappa shape index (κ1) is 24.3. The summed E-state index contributed by atoms with van der Waals surface area (Å²) >= 11 is 0. The van der Waals surface area contributed by atoms with Crippen LogP contribution >= 0.6 is 0 Å². The Morgan fingerprint density at radius 3 is 2.23 bits per heavy atom. The topological polar surface area (TPSA) is 96.0 Å². The zero-order valence-corrected chi connectivity index (χ0v) is 20.4. The quantitative estimate of drug-likeness (QED) is 0.537. The van der Waals surface area contributed by atoms with Crippen LogP contribution in [0.15, 0.2) is 77.7 Å². The molecule has 3 aromatic carbocycles. The fourth-order valence-electron chi connectivity index (χ4n) is 4.02. The number of amides is 2. The van der Waals surface area contributed by atoms with Gasteiger partial charge < -0.3 is 15.0 Å². The Labute approximate surface area is 205 Å². The van der Waals surface area contributed by atoms with Crippen LogP contribution < -0.4 is 14.4 Å². The minimum absolute atomic E-state index is 0.0343. The van der Waals surface area contributed by atoms with Gasteiger partial charge in [-0.1, -0.05) is 24.3 Å². The van der Waals surface area contributed by atoms with Crippen molar-refractivity contribution in [3.63, 3.8) is 0 Å². The van der Waals surface area contributed by atoms with E-state index in [4.69, 9.17) is 4.74 Å². The van der Waals surface area contributed by atoms with Crippen LogP contribution in [0.5, 0.6) is 5.75 Å². The average molecular weight is 494 g/mol. The van der Waals surface area contributed by atoms with Crippen molar-refractivity contribution in [2.75, 3.05) is 36.9 Å². The van der Waals surface area contributed by atoms with Gasteiger partial charge in [0, 0.05) is 25.7 Å². The van der Waals surface area contributed by atoms with E-state index in [0.717, 1.165) is 17.1 Å². The van der Waals surface area contributed by atoms with Crippen LogP contribution in [0.25, 0.3) is 0 Å². The van der Waals surface area contributed by atoms with Crippen molar-refractivity contribution in [2.45, 2.75) is 17.7 Å². The molecule has 0 spiro atoms. The van der Waals surface area contributed by atoms with E-state index < -0.39 is 15.9 Å². The lowest BCUT2D eigenvalue weighted by atomic mass is 10.1. The van der Waals surface area contributed by atoms with Gasteiger partial charge in [-0.15, -0.1) is 0 Å². The number of benzene rings is 3. The molecule has 0 aromatic heterocycles. The molecule has 8 nitrogen and oxygen atoms in total. The van der Waals surface area contributed by atoms with Crippen LogP contribution in [0.2, 0.25) is 0 Å². The number of para-hydroxylation sites is 3. The number of hydrogen-bond acceptors (Lipinski definition) is 5. The number of ether oxygens (including phenoxy) is 1. The number of nitrogens with one attached hydrogen (secondary N) is 1. The summed E-state index contributed by atoms with van der Waals surface area (Å²) in [6.07, 6.45) is 1.95. The molecule has 4 rings (SSSR count). The summed E-state index contributed by atoms with van der Waals surface area (Å²) in [4.78, 5) is 27.6. The normalized spacial score (nSPS) is 13.4. The molecule has 1 saturated heterocycles. The predicted molar refractivity (Wildman–Crippen MR) is 135 cm³/mol. The molecule has 182 valence electrons. The molecule has 35 heavy (non-hydrogen) atoms. The van der Waals surface area contributed by atoms with E-state index in [1.807, 2.05) is 0 Å². The zero-order chi connectivity index (χ0) is 25.0. The van der Waals surface area contributed by atoms with Crippen molar-refractivity contribution >= 4 is 33.2 Å². The average Bonchev–Trinajstić information content (AvgIpc) is 3.43. The first-order chi connectivity index (χ1) is 16.8. The molecule has 1 fully saturated rings. The Morgan fingerprint density at radius 1 is 0.914 bits per heavy atom. The molecule has 0 saturated carbocycles. The predicted octanol–water partition coefficient (Wildman–Crippen LogP) is 4.01. The number of carbonyl (C=O) groups excluding carboxylic acids is 2. The highest BCUT2D eigenvalue weighted by Gasteiger charge is 2.25. The largest absolute Gasteiger partial charge is 0.495 e. The molecule has 1 aliphatic rings. The highest BCUT2D eigenvalue weighted by Crippen LogP contribution is 2.31. The smallest absolute Gasteiger partial charge is 0.264 e. The van der Waals surface area contributed by atoms with Crippen molar-refractivity contribution in [1.82, 2.24) is 4.90 Å². The van der Waals surface area contributed by atoms with E-state index in [1.54, 1.807) is 53.4 Å². The van der Waals surface area contributed by atoms with Gasteiger partial charge in [-0.2, -0.15) is 0 Å². The summed E-state index contributed by atoms with van der Waals surface area (Å²) in [5, 5.41) is 2.79. The summed E-state index contributed by atoms with van der Waals surface area (Å²) in [6, 6.07) is 19.4. The number of likely N-dealkylation sites (tertiary alicyclic amines) is 1. The zero-order valence-electron chi connectivity index (χ0n) is 19.6. The summed E-state index contributed by atoms with van der Waals surface area (Å²) in [5.74, 6) is -0.121. The molecule has 0 unspecified atom stereocenters. The van der Waals surface area contributed by atoms with E-state index in [0.29, 0.717) is 35.8 Å². The van der Waals surface area contributed by atoms with Crippen LogP contribution in [0, 0.1) is 0 Å². The molecule has 1 heterocycles. The van der Waals surface area contributed by atoms with Crippen LogP contribution in [0.4, 0.5) is 11.4 Å². The van der Waals surface area contributed by atoms with Crippen molar-refractivity contribution in [2.24, 2.45) is 0 Å². The molecular weight excluding hydrogens is 466 g/mol. The molecule has 0 radical (unpaired) electrons. The van der Waals surface area contributed by atoms with Gasteiger partial charge in [0.2, 0.25) is 0 Å².